The molecule has 0 fully saturated rings. The third kappa shape index (κ3) is 30.7. The van der Waals surface area contributed by atoms with Crippen LogP contribution >= 0.6 is 34.8 Å². The van der Waals surface area contributed by atoms with Gasteiger partial charge in [0.1, 0.15) is 6.29 Å². The van der Waals surface area contributed by atoms with E-state index < -0.39 is 4.84 Å². The molecule has 0 aliphatic heterocycles. The highest BCUT2D eigenvalue weighted by Gasteiger charge is 1.86. The van der Waals surface area contributed by atoms with Crippen molar-refractivity contribution >= 4 is 47.4 Å². The maximum atomic E-state index is 9.24. The summed E-state index contributed by atoms with van der Waals surface area (Å²) in [6, 6.07) is 0. The van der Waals surface area contributed by atoms with Gasteiger partial charge in [-0.3, -0.25) is 0 Å². The summed E-state index contributed by atoms with van der Waals surface area (Å²) in [5, 5.41) is 0. The van der Waals surface area contributed by atoms with Crippen LogP contribution in [0.15, 0.2) is 0 Å². The van der Waals surface area contributed by atoms with Crippen LogP contribution in [0.25, 0.3) is 0 Å². The van der Waals surface area contributed by atoms with Crippen LogP contribution in [-0.4, -0.2) is 23.3 Å². The second kappa shape index (κ2) is 11.1. The summed E-state index contributed by atoms with van der Waals surface area (Å²) >= 11 is 14.5. The maximum Gasteiger partial charge on any atom is 0.162 e. The Labute approximate surface area is 68.1 Å². The van der Waals surface area contributed by atoms with Crippen LogP contribution in [0.4, 0.5) is 0 Å². The molecule has 0 unspecified atom stereocenters. The predicted octanol–water partition coefficient (Wildman–Crippen LogP) is 1.41. The Hall–Kier alpha value is 0.210. The van der Waals surface area contributed by atoms with Crippen molar-refractivity contribution in [3.8, 4) is 0 Å². The van der Waals surface area contributed by atoms with E-state index in [1.54, 1.807) is 0 Å². The molecule has 2 nitrogen and oxygen atoms in total. The lowest BCUT2D eigenvalue weighted by Gasteiger charge is -1.72. The molecule has 0 heterocycles. The fraction of sp³-hybridized carbons (Fsp3) is 0.500. The number of aldehydes is 2. The first-order valence-electron chi connectivity index (χ1n) is 1.92. The molecule has 0 amide bonds. The minimum Gasteiger partial charge on any atom is -0.302 e. The van der Waals surface area contributed by atoms with Gasteiger partial charge >= 0.3 is 0 Å². The van der Waals surface area contributed by atoms with Gasteiger partial charge in [0.15, 0.2) is 11.1 Å². The van der Waals surface area contributed by atoms with E-state index in [-0.39, 0.29) is 5.88 Å². The Morgan fingerprint density at radius 1 is 1.33 bits per heavy atom. The van der Waals surface area contributed by atoms with Crippen molar-refractivity contribution in [2.45, 2.75) is 4.84 Å². The highest BCUT2D eigenvalue weighted by Crippen LogP contribution is 1.93. The minimum atomic E-state index is -0.852. The molecule has 0 rings (SSSR count). The Morgan fingerprint density at radius 2 is 1.56 bits per heavy atom. The lowest BCUT2D eigenvalue weighted by atomic mass is 10.9. The van der Waals surface area contributed by atoms with Gasteiger partial charge in [0.2, 0.25) is 0 Å². The molecule has 0 N–H and O–H groups in total. The van der Waals surface area contributed by atoms with E-state index in [9.17, 15) is 4.79 Å². The second-order valence-corrected chi connectivity index (χ2v) is 2.26. The molecule has 0 saturated heterocycles. The van der Waals surface area contributed by atoms with E-state index in [2.05, 4.69) is 0 Å². The molecular formula is C4H5Cl3O2. The summed E-state index contributed by atoms with van der Waals surface area (Å²) in [7, 11) is 0. The van der Waals surface area contributed by atoms with E-state index in [0.29, 0.717) is 12.6 Å². The van der Waals surface area contributed by atoms with Crippen molar-refractivity contribution in [2.24, 2.45) is 0 Å². The third-order valence-electron chi connectivity index (χ3n) is 0.166. The first kappa shape index (κ1) is 11.9. The first-order chi connectivity index (χ1) is 4.18. The smallest absolute Gasteiger partial charge is 0.162 e. The normalized spacial score (nSPS) is 7.56. The van der Waals surface area contributed by atoms with Gasteiger partial charge in [-0.2, -0.15) is 0 Å². The van der Waals surface area contributed by atoms with Gasteiger partial charge in [-0.05, 0) is 0 Å². The molecule has 0 aliphatic rings. The minimum absolute atomic E-state index is 0.111. The van der Waals surface area contributed by atoms with Gasteiger partial charge in [-0.15, -0.1) is 11.6 Å². The van der Waals surface area contributed by atoms with Gasteiger partial charge in [0.05, 0.1) is 5.88 Å². The highest BCUT2D eigenvalue weighted by atomic mass is 35.5. The molecule has 0 aliphatic carbocycles. The van der Waals surface area contributed by atoms with Crippen molar-refractivity contribution in [1.29, 1.82) is 0 Å². The molecule has 0 bridgehead atoms. The van der Waals surface area contributed by atoms with Crippen LogP contribution in [0.3, 0.4) is 0 Å². The summed E-state index contributed by atoms with van der Waals surface area (Å²) in [6.45, 7) is 0. The molecule has 0 spiro atoms. The van der Waals surface area contributed by atoms with Crippen molar-refractivity contribution < 1.29 is 9.59 Å². The van der Waals surface area contributed by atoms with E-state index in [1.807, 2.05) is 0 Å². The summed E-state index contributed by atoms with van der Waals surface area (Å²) in [5.41, 5.74) is 0. The maximum absolute atomic E-state index is 9.24. The van der Waals surface area contributed by atoms with Crippen molar-refractivity contribution in [3.63, 3.8) is 0 Å². The number of rotatable bonds is 2. The average molecular weight is 191 g/mol. The second-order valence-electron chi connectivity index (χ2n) is 0.792. The molecule has 0 saturated carbocycles. The van der Waals surface area contributed by atoms with Gasteiger partial charge < -0.3 is 9.59 Å². The van der Waals surface area contributed by atoms with Crippen LogP contribution in [0, 0.1) is 0 Å². The monoisotopic (exact) mass is 190 g/mol. The van der Waals surface area contributed by atoms with E-state index in [4.69, 9.17) is 39.6 Å². The standard InChI is InChI=1S/C2H2Cl2O.C2H3ClO/c3-2(4)1-5;3-1-2-4/h1-2H;2H,1H2. The molecule has 0 radical (unpaired) electrons. The molecule has 0 aromatic carbocycles. The molecule has 5 heteroatoms. The Balaban J connectivity index is 0. The summed E-state index contributed by atoms with van der Waals surface area (Å²) in [5.74, 6) is 0.111. The molecule has 9 heavy (non-hydrogen) atoms. The van der Waals surface area contributed by atoms with Gasteiger partial charge in [0.25, 0.3) is 0 Å². The fourth-order valence-electron chi connectivity index (χ4n) is 0. The van der Waals surface area contributed by atoms with Crippen LogP contribution in [-0.2, 0) is 9.59 Å². The zero-order valence-electron chi connectivity index (χ0n) is 4.39. The summed E-state index contributed by atoms with van der Waals surface area (Å²) < 4.78 is 0. The number of hydrogen-bond acceptors (Lipinski definition) is 2. The Bertz CT molecular complexity index is 74.2. The molecular weight excluding hydrogens is 186 g/mol. The zero-order valence-corrected chi connectivity index (χ0v) is 6.66. The highest BCUT2D eigenvalue weighted by molar-refractivity contribution is 6.51. The van der Waals surface area contributed by atoms with Crippen molar-refractivity contribution in [1.82, 2.24) is 0 Å². The van der Waals surface area contributed by atoms with E-state index in [0.717, 1.165) is 0 Å². The predicted molar refractivity (Wildman–Crippen MR) is 38.3 cm³/mol. The van der Waals surface area contributed by atoms with E-state index >= 15 is 0 Å². The zero-order chi connectivity index (χ0) is 7.70. The Morgan fingerprint density at radius 3 is 1.56 bits per heavy atom. The first-order valence-corrected chi connectivity index (χ1v) is 3.32. The molecule has 54 valence electrons. The Kier molecular flexibility index (Phi) is 14.7. The van der Waals surface area contributed by atoms with Crippen LogP contribution in [0.2, 0.25) is 0 Å². The summed E-state index contributed by atoms with van der Waals surface area (Å²) in [4.78, 5) is 17.4. The molecule has 0 aromatic heterocycles. The molecule has 0 atom stereocenters. The van der Waals surface area contributed by atoms with Crippen molar-refractivity contribution in [2.75, 3.05) is 5.88 Å². The van der Waals surface area contributed by atoms with Crippen LogP contribution in [0.5, 0.6) is 0 Å². The van der Waals surface area contributed by atoms with Gasteiger partial charge in [0, 0.05) is 0 Å². The number of halogens is 3. The number of carbonyl (C=O) groups excluding carboxylic acids is 2. The van der Waals surface area contributed by atoms with Crippen molar-refractivity contribution in [3.05, 3.63) is 0 Å². The largest absolute Gasteiger partial charge is 0.302 e. The number of hydrogen-bond donors (Lipinski definition) is 0. The lowest BCUT2D eigenvalue weighted by Crippen LogP contribution is -1.81. The van der Waals surface area contributed by atoms with Gasteiger partial charge in [-0.1, -0.05) is 23.2 Å². The van der Waals surface area contributed by atoms with E-state index in [1.165, 1.54) is 0 Å². The fourth-order valence-corrected chi connectivity index (χ4v) is 0. The SMILES string of the molecule is O=CC(Cl)Cl.O=CCCl. The van der Waals surface area contributed by atoms with Gasteiger partial charge in [-0.25, -0.2) is 0 Å². The van der Waals surface area contributed by atoms with Crippen LogP contribution < -0.4 is 0 Å². The summed E-state index contributed by atoms with van der Waals surface area (Å²) in [6.07, 6.45) is 1.09. The molecule has 0 aromatic rings. The topological polar surface area (TPSA) is 34.1 Å². The number of alkyl halides is 3. The number of carbonyl (C=O) groups is 2. The average Bonchev–Trinajstić information content (AvgIpc) is 1.89. The lowest BCUT2D eigenvalue weighted by molar-refractivity contribution is -0.107. The quantitative estimate of drug-likeness (QED) is 0.489. The third-order valence-corrected chi connectivity index (χ3v) is 0.498. The van der Waals surface area contributed by atoms with Crippen LogP contribution in [0.1, 0.15) is 0 Å².